The highest BCUT2D eigenvalue weighted by atomic mass is 19.4. The van der Waals surface area contributed by atoms with Crippen molar-refractivity contribution >= 4 is 5.78 Å². The topological polar surface area (TPSA) is 38.8 Å². The second-order valence-corrected chi connectivity index (χ2v) is 6.23. The van der Waals surface area contributed by atoms with Crippen LogP contribution in [-0.4, -0.2) is 49.4 Å². The zero-order valence-electron chi connectivity index (χ0n) is 13.0. The van der Waals surface area contributed by atoms with Gasteiger partial charge in [-0.2, -0.15) is 0 Å². The number of alkyl halides is 3. The van der Waals surface area contributed by atoms with E-state index in [1.165, 1.54) is 0 Å². The van der Waals surface area contributed by atoms with Gasteiger partial charge in [-0.25, -0.2) is 4.39 Å². The van der Waals surface area contributed by atoms with Crippen molar-refractivity contribution in [3.8, 4) is 5.75 Å². The number of benzene rings is 1. The molecule has 4 nitrogen and oxygen atoms in total. The Morgan fingerprint density at radius 3 is 2.42 bits per heavy atom. The Morgan fingerprint density at radius 1 is 1.25 bits per heavy atom. The van der Waals surface area contributed by atoms with Gasteiger partial charge in [-0.3, -0.25) is 9.69 Å². The quantitative estimate of drug-likeness (QED) is 0.622. The van der Waals surface area contributed by atoms with Crippen LogP contribution in [0.5, 0.6) is 5.75 Å². The third kappa shape index (κ3) is 3.54. The van der Waals surface area contributed by atoms with Gasteiger partial charge in [0.25, 0.3) is 0 Å². The third-order valence-electron chi connectivity index (χ3n) is 4.70. The number of ketones is 1. The number of rotatable bonds is 3. The minimum atomic E-state index is -4.90. The monoisotopic (exact) mass is 347 g/mol. The van der Waals surface area contributed by atoms with Gasteiger partial charge in [0.2, 0.25) is 0 Å². The normalized spacial score (nSPS) is 27.8. The first-order valence-electron chi connectivity index (χ1n) is 7.64. The second kappa shape index (κ2) is 6.33. The van der Waals surface area contributed by atoms with Crippen molar-refractivity contribution in [2.75, 3.05) is 20.3 Å². The Labute approximate surface area is 136 Å². The number of Topliss-reactive ketones (excluding diaryl/α,β-unsaturated/α-hetero) is 1. The molecular formula is C16H17F4NO3. The predicted octanol–water partition coefficient (Wildman–Crippen LogP) is 3.02. The molecule has 0 aromatic heterocycles. The molecule has 2 unspecified atom stereocenters. The molecule has 0 saturated carbocycles. The van der Waals surface area contributed by atoms with Crippen molar-refractivity contribution in [2.24, 2.45) is 5.92 Å². The Bertz CT molecular complexity index is 620. The Morgan fingerprint density at radius 2 is 1.88 bits per heavy atom. The molecule has 2 bridgehead atoms. The summed E-state index contributed by atoms with van der Waals surface area (Å²) in [6.07, 6.45) is -3.80. The van der Waals surface area contributed by atoms with E-state index in [-0.39, 0.29) is 29.3 Å². The van der Waals surface area contributed by atoms with Gasteiger partial charge in [0.15, 0.2) is 5.78 Å². The van der Waals surface area contributed by atoms with E-state index in [1.807, 2.05) is 7.05 Å². The summed E-state index contributed by atoms with van der Waals surface area (Å²) in [6, 6.07) is 2.82. The van der Waals surface area contributed by atoms with Crippen molar-refractivity contribution in [3.05, 3.63) is 29.6 Å². The lowest BCUT2D eigenvalue weighted by Gasteiger charge is -2.46. The standard InChI is InChI=1S/C16H17F4NO3/c1-21-10-4-9(5-11(21)8-23-7-10)15(22)13-3-2-12(6-14(13)17)24-16(18,19)20/h2-3,6,9-11H,4-5,7-8H2,1H3. The molecule has 2 heterocycles. The number of ether oxygens (including phenoxy) is 2. The molecule has 0 aliphatic carbocycles. The van der Waals surface area contributed by atoms with E-state index >= 15 is 0 Å². The van der Waals surface area contributed by atoms with Gasteiger partial charge >= 0.3 is 6.36 Å². The number of hydrogen-bond donors (Lipinski definition) is 0. The summed E-state index contributed by atoms with van der Waals surface area (Å²) in [5.41, 5.74) is -0.196. The van der Waals surface area contributed by atoms with Crippen LogP contribution in [0.3, 0.4) is 0 Å². The van der Waals surface area contributed by atoms with Gasteiger partial charge < -0.3 is 9.47 Å². The zero-order chi connectivity index (χ0) is 17.5. The molecule has 2 saturated heterocycles. The van der Waals surface area contributed by atoms with Crippen molar-refractivity contribution < 1.29 is 31.8 Å². The summed E-state index contributed by atoms with van der Waals surface area (Å²) in [6.45, 7) is 1.05. The van der Waals surface area contributed by atoms with Crippen LogP contribution in [0.4, 0.5) is 17.6 Å². The summed E-state index contributed by atoms with van der Waals surface area (Å²) < 4.78 is 59.7. The molecule has 1 aromatic rings. The summed E-state index contributed by atoms with van der Waals surface area (Å²) in [5.74, 6) is -2.41. The molecule has 8 heteroatoms. The van der Waals surface area contributed by atoms with Crippen LogP contribution >= 0.6 is 0 Å². The number of piperidine rings is 1. The van der Waals surface area contributed by atoms with Crippen LogP contribution in [-0.2, 0) is 4.74 Å². The fourth-order valence-electron chi connectivity index (χ4n) is 3.42. The van der Waals surface area contributed by atoms with Crippen molar-refractivity contribution in [1.29, 1.82) is 0 Å². The van der Waals surface area contributed by atoms with E-state index in [9.17, 15) is 22.4 Å². The highest BCUT2D eigenvalue weighted by Crippen LogP contribution is 2.33. The second-order valence-electron chi connectivity index (χ2n) is 6.23. The fraction of sp³-hybridized carbons (Fsp3) is 0.562. The highest BCUT2D eigenvalue weighted by molar-refractivity contribution is 5.98. The third-order valence-corrected chi connectivity index (χ3v) is 4.70. The van der Waals surface area contributed by atoms with Crippen LogP contribution in [0.15, 0.2) is 18.2 Å². The minimum absolute atomic E-state index is 0.0994. The summed E-state index contributed by atoms with van der Waals surface area (Å²) in [5, 5.41) is 0. The molecule has 3 rings (SSSR count). The molecule has 2 aliphatic rings. The molecule has 2 aliphatic heterocycles. The van der Waals surface area contributed by atoms with E-state index in [1.54, 1.807) is 0 Å². The highest BCUT2D eigenvalue weighted by Gasteiger charge is 2.40. The molecule has 0 radical (unpaired) electrons. The SMILES string of the molecule is CN1C2COCC1CC(C(=O)c1ccc(OC(F)(F)F)cc1F)C2. The summed E-state index contributed by atoms with van der Waals surface area (Å²) in [7, 11) is 1.97. The number of carbonyl (C=O) groups is 1. The number of nitrogens with zero attached hydrogens (tertiary/aromatic N) is 1. The van der Waals surface area contributed by atoms with E-state index in [2.05, 4.69) is 9.64 Å². The van der Waals surface area contributed by atoms with E-state index < -0.39 is 17.9 Å². The van der Waals surface area contributed by atoms with Gasteiger partial charge in [-0.05, 0) is 32.0 Å². The first kappa shape index (κ1) is 17.2. The molecule has 132 valence electrons. The lowest BCUT2D eigenvalue weighted by molar-refractivity contribution is -0.274. The molecule has 1 aromatic carbocycles. The molecular weight excluding hydrogens is 330 g/mol. The Hall–Kier alpha value is -1.67. The number of hydrogen-bond acceptors (Lipinski definition) is 4. The number of halogens is 4. The maximum absolute atomic E-state index is 14.1. The fourth-order valence-corrected chi connectivity index (χ4v) is 3.42. The van der Waals surface area contributed by atoms with Crippen LogP contribution in [0, 0.1) is 11.7 Å². The summed E-state index contributed by atoms with van der Waals surface area (Å²) >= 11 is 0. The Kier molecular flexibility index (Phi) is 4.52. The van der Waals surface area contributed by atoms with E-state index in [0.717, 1.165) is 12.1 Å². The lowest BCUT2D eigenvalue weighted by atomic mass is 9.81. The van der Waals surface area contributed by atoms with Crippen molar-refractivity contribution in [2.45, 2.75) is 31.3 Å². The van der Waals surface area contributed by atoms with Gasteiger partial charge in [0.05, 0.1) is 18.8 Å². The molecule has 2 atom stereocenters. The van der Waals surface area contributed by atoms with Crippen LogP contribution < -0.4 is 4.74 Å². The minimum Gasteiger partial charge on any atom is -0.406 e. The van der Waals surface area contributed by atoms with Gasteiger partial charge in [-0.1, -0.05) is 0 Å². The number of carbonyl (C=O) groups excluding carboxylic acids is 1. The van der Waals surface area contributed by atoms with E-state index in [4.69, 9.17) is 4.74 Å². The van der Waals surface area contributed by atoms with Crippen molar-refractivity contribution in [1.82, 2.24) is 4.90 Å². The van der Waals surface area contributed by atoms with Crippen LogP contribution in [0.1, 0.15) is 23.2 Å². The van der Waals surface area contributed by atoms with Crippen molar-refractivity contribution in [3.63, 3.8) is 0 Å². The number of morpholine rings is 1. The molecule has 2 fully saturated rings. The zero-order valence-corrected chi connectivity index (χ0v) is 13.0. The first-order chi connectivity index (χ1) is 11.2. The maximum Gasteiger partial charge on any atom is 0.573 e. The van der Waals surface area contributed by atoms with Crippen LogP contribution in [0.25, 0.3) is 0 Å². The number of fused-ring (bicyclic) bond motifs is 2. The predicted molar refractivity (Wildman–Crippen MR) is 76.3 cm³/mol. The Balaban J connectivity index is 1.75. The molecule has 24 heavy (non-hydrogen) atoms. The molecule has 0 amide bonds. The summed E-state index contributed by atoms with van der Waals surface area (Å²) in [4.78, 5) is 14.8. The largest absolute Gasteiger partial charge is 0.573 e. The van der Waals surface area contributed by atoms with Gasteiger partial charge in [0, 0.05) is 24.1 Å². The first-order valence-corrected chi connectivity index (χ1v) is 7.64. The average Bonchev–Trinajstić information content (AvgIpc) is 2.44. The molecule has 0 spiro atoms. The van der Waals surface area contributed by atoms with Crippen LogP contribution in [0.2, 0.25) is 0 Å². The maximum atomic E-state index is 14.1. The average molecular weight is 347 g/mol. The van der Waals surface area contributed by atoms with Gasteiger partial charge in [-0.15, -0.1) is 13.2 Å². The smallest absolute Gasteiger partial charge is 0.406 e. The van der Waals surface area contributed by atoms with Gasteiger partial charge in [0.1, 0.15) is 11.6 Å². The van der Waals surface area contributed by atoms with E-state index in [0.29, 0.717) is 32.1 Å². The molecule has 0 N–H and O–H groups in total. The number of likely N-dealkylation sites (N-methyl/N-ethyl adjacent to an activating group) is 1. The lowest BCUT2D eigenvalue weighted by Crippen LogP contribution is -2.55.